The quantitative estimate of drug-likeness (QED) is 0.154. The Morgan fingerprint density at radius 2 is 1.51 bits per heavy atom. The molecule has 0 aliphatic rings. The van der Waals surface area contributed by atoms with Crippen LogP contribution in [-0.2, 0) is 4.74 Å². The molecule has 0 saturated heterocycles. The van der Waals surface area contributed by atoms with Gasteiger partial charge in [-0.05, 0) is 54.4 Å². The summed E-state index contributed by atoms with van der Waals surface area (Å²) in [5.74, 6) is -0.204. The van der Waals surface area contributed by atoms with Crippen LogP contribution in [0.5, 0.6) is 5.75 Å². The fraction of sp³-hybridized carbons (Fsp3) is 0.0968. The van der Waals surface area contributed by atoms with Gasteiger partial charge in [0.2, 0.25) is 0 Å². The third kappa shape index (κ3) is 6.05. The molecule has 5 rings (SSSR count). The van der Waals surface area contributed by atoms with Crippen LogP contribution in [0.25, 0.3) is 28.2 Å². The van der Waals surface area contributed by atoms with Crippen LogP contribution in [0.1, 0.15) is 27.9 Å². The van der Waals surface area contributed by atoms with Gasteiger partial charge in [-0.1, -0.05) is 78.3 Å². The second-order valence-electron chi connectivity index (χ2n) is 8.55. The maximum atomic E-state index is 12.9. The molecule has 0 aliphatic carbocycles. The standard InChI is InChI=1S/C31H24ClN3O4/c1-2-38-27-17-15-26(16-18-27)35-30(24-9-6-10-25(32)19-24)33-29(34-35)31(37)39-20-28(36)23-13-11-22(12-14-23)21-7-4-3-5-8-21/h3-19H,2,20H2,1H3. The summed E-state index contributed by atoms with van der Waals surface area (Å²) in [6, 6.07) is 31.3. The molecule has 0 aliphatic heterocycles. The molecule has 0 spiro atoms. The van der Waals surface area contributed by atoms with E-state index < -0.39 is 12.6 Å². The molecule has 0 saturated carbocycles. The van der Waals surface area contributed by atoms with E-state index in [0.29, 0.717) is 40.0 Å². The summed E-state index contributed by atoms with van der Waals surface area (Å²) in [5, 5.41) is 4.91. The van der Waals surface area contributed by atoms with E-state index in [9.17, 15) is 9.59 Å². The third-order valence-electron chi connectivity index (χ3n) is 5.91. The van der Waals surface area contributed by atoms with Gasteiger partial charge in [0.25, 0.3) is 5.82 Å². The highest BCUT2D eigenvalue weighted by atomic mass is 35.5. The molecular weight excluding hydrogens is 514 g/mol. The van der Waals surface area contributed by atoms with Crippen LogP contribution < -0.4 is 4.74 Å². The number of carbonyl (C=O) groups is 2. The highest BCUT2D eigenvalue weighted by Gasteiger charge is 2.21. The minimum atomic E-state index is -0.808. The highest BCUT2D eigenvalue weighted by molar-refractivity contribution is 6.30. The van der Waals surface area contributed by atoms with E-state index in [1.807, 2.05) is 79.7 Å². The molecule has 0 atom stereocenters. The van der Waals surface area contributed by atoms with Gasteiger partial charge in [-0.3, -0.25) is 4.79 Å². The first-order chi connectivity index (χ1) is 19.0. The van der Waals surface area contributed by atoms with Gasteiger partial charge in [0.15, 0.2) is 18.2 Å². The lowest BCUT2D eigenvalue weighted by Crippen LogP contribution is -2.15. The van der Waals surface area contributed by atoms with Gasteiger partial charge < -0.3 is 9.47 Å². The fourth-order valence-electron chi connectivity index (χ4n) is 4.00. The van der Waals surface area contributed by atoms with Crippen molar-refractivity contribution in [1.82, 2.24) is 14.8 Å². The number of benzene rings is 4. The van der Waals surface area contributed by atoms with E-state index in [2.05, 4.69) is 10.1 Å². The Morgan fingerprint density at radius 3 is 2.21 bits per heavy atom. The maximum absolute atomic E-state index is 12.9. The molecular formula is C31H24ClN3O4. The molecule has 0 unspecified atom stereocenters. The number of Topliss-reactive ketones (excluding diaryl/α,β-unsaturated/α-hetero) is 1. The predicted molar refractivity (Wildman–Crippen MR) is 149 cm³/mol. The molecule has 0 N–H and O–H groups in total. The summed E-state index contributed by atoms with van der Waals surface area (Å²) in [7, 11) is 0. The summed E-state index contributed by atoms with van der Waals surface area (Å²) in [5.41, 5.74) is 3.80. The molecule has 39 heavy (non-hydrogen) atoms. The number of nitrogens with zero attached hydrogens (tertiary/aromatic N) is 3. The monoisotopic (exact) mass is 537 g/mol. The zero-order chi connectivity index (χ0) is 27.2. The van der Waals surface area contributed by atoms with Crippen molar-refractivity contribution < 1.29 is 19.1 Å². The van der Waals surface area contributed by atoms with Crippen molar-refractivity contribution in [2.24, 2.45) is 0 Å². The van der Waals surface area contributed by atoms with Gasteiger partial charge in [0, 0.05) is 16.1 Å². The molecule has 1 aromatic heterocycles. The highest BCUT2D eigenvalue weighted by Crippen LogP contribution is 2.25. The Balaban J connectivity index is 1.34. The van der Waals surface area contributed by atoms with Crippen LogP contribution in [-0.4, -0.2) is 39.7 Å². The van der Waals surface area contributed by atoms with Crippen molar-refractivity contribution in [3.63, 3.8) is 0 Å². The number of ether oxygens (including phenoxy) is 2. The predicted octanol–water partition coefficient (Wildman–Crippen LogP) is 6.69. The van der Waals surface area contributed by atoms with E-state index in [0.717, 1.165) is 11.1 Å². The van der Waals surface area contributed by atoms with Gasteiger partial charge in [0.05, 0.1) is 12.3 Å². The van der Waals surface area contributed by atoms with E-state index in [-0.39, 0.29) is 11.6 Å². The number of halogens is 1. The van der Waals surface area contributed by atoms with Crippen molar-refractivity contribution in [2.75, 3.05) is 13.2 Å². The SMILES string of the molecule is CCOc1ccc(-n2nc(C(=O)OCC(=O)c3ccc(-c4ccccc4)cc3)nc2-c2cccc(Cl)c2)cc1. The number of rotatable bonds is 9. The first-order valence-electron chi connectivity index (χ1n) is 12.3. The zero-order valence-electron chi connectivity index (χ0n) is 21.1. The Labute approximate surface area is 230 Å². The summed E-state index contributed by atoms with van der Waals surface area (Å²) < 4.78 is 12.4. The Kier molecular flexibility index (Phi) is 7.80. The molecule has 0 fully saturated rings. The lowest BCUT2D eigenvalue weighted by molar-refractivity contribution is 0.0462. The molecule has 0 amide bonds. The van der Waals surface area contributed by atoms with Crippen LogP contribution in [0.4, 0.5) is 0 Å². The topological polar surface area (TPSA) is 83.3 Å². The summed E-state index contributed by atoms with van der Waals surface area (Å²) in [6.07, 6.45) is 0. The van der Waals surface area contributed by atoms with E-state index in [1.54, 1.807) is 30.3 Å². The van der Waals surface area contributed by atoms with Crippen molar-refractivity contribution >= 4 is 23.4 Å². The van der Waals surface area contributed by atoms with Gasteiger partial charge >= 0.3 is 5.97 Å². The largest absolute Gasteiger partial charge is 0.494 e. The molecule has 5 aromatic rings. The average molecular weight is 538 g/mol. The van der Waals surface area contributed by atoms with Crippen LogP contribution >= 0.6 is 11.6 Å². The molecule has 0 radical (unpaired) electrons. The lowest BCUT2D eigenvalue weighted by atomic mass is 10.0. The second-order valence-corrected chi connectivity index (χ2v) is 8.99. The van der Waals surface area contributed by atoms with Crippen molar-refractivity contribution in [3.05, 3.63) is 120 Å². The van der Waals surface area contributed by atoms with Gasteiger partial charge in [0.1, 0.15) is 5.75 Å². The van der Waals surface area contributed by atoms with Crippen molar-refractivity contribution in [3.8, 4) is 34.0 Å². The summed E-state index contributed by atoms with van der Waals surface area (Å²) >= 11 is 6.20. The maximum Gasteiger partial charge on any atom is 0.378 e. The minimum absolute atomic E-state index is 0.175. The first-order valence-corrected chi connectivity index (χ1v) is 12.7. The molecule has 194 valence electrons. The number of hydrogen-bond acceptors (Lipinski definition) is 6. The van der Waals surface area contributed by atoms with Crippen LogP contribution in [0.2, 0.25) is 5.02 Å². The van der Waals surface area contributed by atoms with Gasteiger partial charge in [-0.25, -0.2) is 14.5 Å². The molecule has 7 nitrogen and oxygen atoms in total. The van der Waals surface area contributed by atoms with Crippen LogP contribution in [0, 0.1) is 0 Å². The summed E-state index contributed by atoms with van der Waals surface area (Å²) in [4.78, 5) is 30.0. The second kappa shape index (κ2) is 11.8. The zero-order valence-corrected chi connectivity index (χ0v) is 21.8. The summed E-state index contributed by atoms with van der Waals surface area (Å²) in [6.45, 7) is 2.01. The van der Waals surface area contributed by atoms with E-state index in [4.69, 9.17) is 21.1 Å². The van der Waals surface area contributed by atoms with Crippen LogP contribution in [0.15, 0.2) is 103 Å². The van der Waals surface area contributed by atoms with Gasteiger partial charge in [-0.15, -0.1) is 5.10 Å². The Morgan fingerprint density at radius 1 is 0.821 bits per heavy atom. The van der Waals surface area contributed by atoms with Crippen LogP contribution in [0.3, 0.4) is 0 Å². The molecule has 8 heteroatoms. The Bertz CT molecular complexity index is 1600. The fourth-order valence-corrected chi connectivity index (χ4v) is 4.19. The normalized spacial score (nSPS) is 10.7. The number of esters is 1. The van der Waals surface area contributed by atoms with Crippen molar-refractivity contribution in [2.45, 2.75) is 6.92 Å². The number of carbonyl (C=O) groups excluding carboxylic acids is 2. The average Bonchev–Trinajstić information content (AvgIpc) is 3.43. The number of hydrogen-bond donors (Lipinski definition) is 0. The minimum Gasteiger partial charge on any atom is -0.494 e. The smallest absolute Gasteiger partial charge is 0.378 e. The lowest BCUT2D eigenvalue weighted by Gasteiger charge is -2.08. The van der Waals surface area contributed by atoms with Crippen molar-refractivity contribution in [1.29, 1.82) is 0 Å². The van der Waals surface area contributed by atoms with Gasteiger partial charge in [-0.2, -0.15) is 0 Å². The number of aromatic nitrogens is 3. The molecule has 0 bridgehead atoms. The molecule has 1 heterocycles. The molecule has 4 aromatic carbocycles. The third-order valence-corrected chi connectivity index (χ3v) is 6.15. The number of ketones is 1. The van der Waals surface area contributed by atoms with E-state index >= 15 is 0 Å². The van der Waals surface area contributed by atoms with E-state index in [1.165, 1.54) is 4.68 Å². The first kappa shape index (κ1) is 25.9. The Hall–Kier alpha value is -4.75.